The van der Waals surface area contributed by atoms with Gasteiger partial charge in [0.1, 0.15) is 0 Å². The predicted molar refractivity (Wildman–Crippen MR) is 127 cm³/mol. The van der Waals surface area contributed by atoms with E-state index in [0.717, 1.165) is 43.1 Å². The predicted octanol–water partition coefficient (Wildman–Crippen LogP) is 3.75. The van der Waals surface area contributed by atoms with Gasteiger partial charge in [-0.15, -0.1) is 0 Å². The topological polar surface area (TPSA) is 78.4 Å². The Morgan fingerprint density at radius 3 is 2.44 bits per heavy atom. The zero-order valence-corrected chi connectivity index (χ0v) is 20.2. The van der Waals surface area contributed by atoms with E-state index in [1.165, 1.54) is 29.5 Å². The molecule has 0 atom stereocenters. The zero-order valence-electron chi connectivity index (χ0n) is 19.4. The third kappa shape index (κ3) is 4.18. The number of nitrogens with zero attached hydrogens (tertiary/aromatic N) is 4. The van der Waals surface area contributed by atoms with Crippen LogP contribution in [0.4, 0.5) is 14.7 Å². The molecule has 4 fully saturated rings. The summed E-state index contributed by atoms with van der Waals surface area (Å²) in [4.78, 5) is 11.7. The fraction of sp³-hybridized carbons (Fsp3) is 0.667. The molecule has 1 spiro atoms. The second-order valence-corrected chi connectivity index (χ2v) is 12.8. The first kappa shape index (κ1) is 22.5. The molecule has 1 aromatic carbocycles. The molecule has 0 amide bonds. The minimum atomic E-state index is -3.18. The second kappa shape index (κ2) is 8.06. The van der Waals surface area contributed by atoms with Gasteiger partial charge in [0.25, 0.3) is 6.43 Å². The SMILES string of the molecule is CS(=O)(=O)N1CCC(Nc2ncc3cc(C(F)F)cc(C4CC5(C4)CN(C4CC4)C5)c3n2)CC1. The van der Waals surface area contributed by atoms with Gasteiger partial charge in [-0.1, -0.05) is 0 Å². The largest absolute Gasteiger partial charge is 0.351 e. The molecule has 4 aliphatic rings. The van der Waals surface area contributed by atoms with Gasteiger partial charge in [-0.3, -0.25) is 4.90 Å². The van der Waals surface area contributed by atoms with Crippen LogP contribution in [0.1, 0.15) is 62.0 Å². The van der Waals surface area contributed by atoms with Crippen molar-refractivity contribution in [1.82, 2.24) is 19.2 Å². The van der Waals surface area contributed by atoms with Gasteiger partial charge >= 0.3 is 0 Å². The molecule has 3 heterocycles. The van der Waals surface area contributed by atoms with Crippen LogP contribution in [0.3, 0.4) is 0 Å². The second-order valence-electron chi connectivity index (χ2n) is 10.9. The normalized spacial score (nSPS) is 24.5. The van der Waals surface area contributed by atoms with Crippen LogP contribution < -0.4 is 5.32 Å². The summed E-state index contributed by atoms with van der Waals surface area (Å²) in [6, 6.07) is 4.03. The van der Waals surface area contributed by atoms with Crippen molar-refractivity contribution in [3.8, 4) is 0 Å². The Hall–Kier alpha value is -1.91. The number of alkyl halides is 2. The van der Waals surface area contributed by atoms with Crippen LogP contribution in [-0.4, -0.2) is 72.1 Å². The number of fused-ring (bicyclic) bond motifs is 1. The van der Waals surface area contributed by atoms with Crippen molar-refractivity contribution >= 4 is 26.9 Å². The average Bonchev–Trinajstić information content (AvgIpc) is 3.56. The Balaban J connectivity index is 1.21. The Labute approximate surface area is 199 Å². The molecule has 34 heavy (non-hydrogen) atoms. The van der Waals surface area contributed by atoms with E-state index in [1.807, 2.05) is 0 Å². The van der Waals surface area contributed by atoms with Gasteiger partial charge in [-0.2, -0.15) is 0 Å². The van der Waals surface area contributed by atoms with Crippen molar-refractivity contribution in [3.05, 3.63) is 29.5 Å². The number of benzene rings is 1. The van der Waals surface area contributed by atoms with Crippen molar-refractivity contribution < 1.29 is 17.2 Å². The van der Waals surface area contributed by atoms with Crippen LogP contribution in [0.15, 0.2) is 18.3 Å². The number of piperidine rings is 1. The number of rotatable bonds is 6. The molecule has 0 bridgehead atoms. The van der Waals surface area contributed by atoms with Crippen LogP contribution in [0.5, 0.6) is 0 Å². The Bertz CT molecular complexity index is 1200. The lowest BCUT2D eigenvalue weighted by molar-refractivity contribution is -0.0774. The lowest BCUT2D eigenvalue weighted by Crippen LogP contribution is -2.62. The van der Waals surface area contributed by atoms with Crippen molar-refractivity contribution in [1.29, 1.82) is 0 Å². The minimum Gasteiger partial charge on any atom is -0.351 e. The van der Waals surface area contributed by atoms with Crippen LogP contribution >= 0.6 is 0 Å². The van der Waals surface area contributed by atoms with Gasteiger partial charge in [-0.05, 0) is 67.6 Å². The Morgan fingerprint density at radius 1 is 1.12 bits per heavy atom. The molecule has 184 valence electrons. The zero-order chi connectivity index (χ0) is 23.7. The minimum absolute atomic E-state index is 0.0362. The molecule has 1 N–H and O–H groups in total. The Kier molecular flexibility index (Phi) is 5.35. The first-order chi connectivity index (χ1) is 16.2. The summed E-state index contributed by atoms with van der Waals surface area (Å²) in [6.45, 7) is 3.23. The summed E-state index contributed by atoms with van der Waals surface area (Å²) in [5.41, 5.74) is 2.07. The number of hydrogen-bond donors (Lipinski definition) is 1. The van der Waals surface area contributed by atoms with E-state index in [0.29, 0.717) is 42.7 Å². The van der Waals surface area contributed by atoms with Crippen LogP contribution in [0.25, 0.3) is 10.9 Å². The molecule has 7 nitrogen and oxygen atoms in total. The van der Waals surface area contributed by atoms with Gasteiger partial charge in [0.05, 0.1) is 11.8 Å². The molecule has 2 aliphatic heterocycles. The molecular weight excluding hydrogens is 460 g/mol. The first-order valence-electron chi connectivity index (χ1n) is 12.2. The number of hydrogen-bond acceptors (Lipinski definition) is 6. The van der Waals surface area contributed by atoms with Gasteiger partial charge in [0.2, 0.25) is 16.0 Å². The molecule has 1 aromatic heterocycles. The summed E-state index contributed by atoms with van der Waals surface area (Å²) >= 11 is 0. The van der Waals surface area contributed by atoms with Crippen molar-refractivity contribution in [2.24, 2.45) is 5.41 Å². The van der Waals surface area contributed by atoms with Gasteiger partial charge in [0, 0.05) is 55.4 Å². The summed E-state index contributed by atoms with van der Waals surface area (Å²) in [7, 11) is -3.18. The van der Waals surface area contributed by atoms with E-state index in [1.54, 1.807) is 12.3 Å². The highest BCUT2D eigenvalue weighted by molar-refractivity contribution is 7.88. The number of sulfonamides is 1. The molecule has 0 radical (unpaired) electrons. The average molecular weight is 492 g/mol. The quantitative estimate of drug-likeness (QED) is 0.663. The number of anilines is 1. The van der Waals surface area contributed by atoms with Crippen molar-refractivity contribution in [2.45, 2.75) is 63.0 Å². The smallest absolute Gasteiger partial charge is 0.263 e. The fourth-order valence-electron chi connectivity index (χ4n) is 6.20. The molecule has 2 aromatic rings. The third-order valence-corrected chi connectivity index (χ3v) is 9.49. The maximum Gasteiger partial charge on any atom is 0.263 e. The highest BCUT2D eigenvalue weighted by Crippen LogP contribution is 2.58. The van der Waals surface area contributed by atoms with Crippen LogP contribution in [-0.2, 0) is 10.0 Å². The Morgan fingerprint density at radius 2 is 1.82 bits per heavy atom. The molecule has 6 rings (SSSR count). The van der Waals surface area contributed by atoms with Gasteiger partial charge in [-0.25, -0.2) is 31.5 Å². The standard InChI is InChI=1S/C24H31F2N5O2S/c1-34(32,33)31-6-4-18(5-7-31)28-23-27-12-16-8-15(22(25)26)9-20(21(16)29-23)17-10-24(11-17)13-30(14-24)19-2-3-19/h8-9,12,17-19,22H,2-7,10-11,13-14H2,1H3,(H,27,28,29). The highest BCUT2D eigenvalue weighted by atomic mass is 32.2. The van der Waals surface area contributed by atoms with E-state index in [2.05, 4.69) is 15.2 Å². The van der Waals surface area contributed by atoms with Crippen molar-refractivity contribution in [2.75, 3.05) is 37.8 Å². The van der Waals surface area contributed by atoms with E-state index in [-0.39, 0.29) is 17.5 Å². The van der Waals surface area contributed by atoms with E-state index in [9.17, 15) is 17.2 Å². The van der Waals surface area contributed by atoms with Gasteiger partial charge < -0.3 is 5.32 Å². The van der Waals surface area contributed by atoms with E-state index < -0.39 is 16.4 Å². The summed E-state index contributed by atoms with van der Waals surface area (Å²) in [5, 5.41) is 4.00. The van der Waals surface area contributed by atoms with Gasteiger partial charge in [0.15, 0.2) is 0 Å². The van der Waals surface area contributed by atoms with Crippen molar-refractivity contribution in [3.63, 3.8) is 0 Å². The fourth-order valence-corrected chi connectivity index (χ4v) is 7.07. The molecular formula is C24H31F2N5O2S. The lowest BCUT2D eigenvalue weighted by Gasteiger charge is -2.60. The first-order valence-corrected chi connectivity index (χ1v) is 14.1. The lowest BCUT2D eigenvalue weighted by atomic mass is 9.56. The maximum absolute atomic E-state index is 13.6. The summed E-state index contributed by atoms with van der Waals surface area (Å²) < 4.78 is 52.3. The molecule has 2 saturated carbocycles. The molecule has 2 aliphatic carbocycles. The van der Waals surface area contributed by atoms with E-state index in [4.69, 9.17) is 4.98 Å². The van der Waals surface area contributed by atoms with Crippen LogP contribution in [0.2, 0.25) is 0 Å². The molecule has 2 saturated heterocycles. The van der Waals surface area contributed by atoms with Crippen LogP contribution in [0, 0.1) is 5.41 Å². The number of nitrogens with one attached hydrogen (secondary N) is 1. The molecule has 0 unspecified atom stereocenters. The monoisotopic (exact) mass is 491 g/mol. The number of likely N-dealkylation sites (tertiary alicyclic amines) is 1. The van der Waals surface area contributed by atoms with E-state index >= 15 is 0 Å². The third-order valence-electron chi connectivity index (χ3n) is 8.18. The number of aromatic nitrogens is 2. The summed E-state index contributed by atoms with van der Waals surface area (Å²) in [6.07, 6.45) is 6.41. The highest BCUT2D eigenvalue weighted by Gasteiger charge is 2.55. The summed E-state index contributed by atoms with van der Waals surface area (Å²) in [5.74, 6) is 0.734. The molecule has 10 heteroatoms. The number of halogens is 2. The maximum atomic E-state index is 13.6.